The van der Waals surface area contributed by atoms with Crippen molar-refractivity contribution in [2.45, 2.75) is 32.6 Å². The molecule has 0 aliphatic rings. The Morgan fingerprint density at radius 2 is 2.13 bits per heavy atom. The summed E-state index contributed by atoms with van der Waals surface area (Å²) in [5, 5.41) is 10.0. The van der Waals surface area contributed by atoms with E-state index in [0.29, 0.717) is 12.2 Å². The molecule has 0 atom stereocenters. The van der Waals surface area contributed by atoms with Gasteiger partial charge in [-0.05, 0) is 23.9 Å². The Morgan fingerprint density at radius 3 is 2.74 bits per heavy atom. The summed E-state index contributed by atoms with van der Waals surface area (Å²) in [7, 11) is 0. The Kier molecular flexibility index (Phi) is 4.20. The molecule has 0 bridgehead atoms. The summed E-state index contributed by atoms with van der Waals surface area (Å²) in [5.74, 6) is 0.632. The van der Waals surface area contributed by atoms with Crippen molar-refractivity contribution in [3.8, 4) is 0 Å². The van der Waals surface area contributed by atoms with Crippen molar-refractivity contribution in [1.82, 2.24) is 24.5 Å². The fourth-order valence-electron chi connectivity index (χ4n) is 2.18. The van der Waals surface area contributed by atoms with E-state index >= 15 is 0 Å². The fourth-order valence-corrected chi connectivity index (χ4v) is 2.88. The molecule has 122 valence electrons. The van der Waals surface area contributed by atoms with Crippen molar-refractivity contribution in [3.05, 3.63) is 52.0 Å². The minimum atomic E-state index is -4.34. The normalized spacial score (nSPS) is 12.0. The minimum Gasteiger partial charge on any atom is -0.265 e. The van der Waals surface area contributed by atoms with Crippen LogP contribution >= 0.6 is 11.3 Å². The number of hydrogen-bond acceptors (Lipinski definition) is 4. The third-order valence-corrected chi connectivity index (χ3v) is 3.98. The van der Waals surface area contributed by atoms with Crippen LogP contribution < -0.4 is 0 Å². The van der Waals surface area contributed by atoms with Gasteiger partial charge in [-0.25, -0.2) is 9.67 Å². The van der Waals surface area contributed by atoms with Crippen molar-refractivity contribution in [2.75, 3.05) is 0 Å². The maximum Gasteiger partial charge on any atom is 0.408 e. The molecule has 3 aromatic heterocycles. The van der Waals surface area contributed by atoms with E-state index in [4.69, 9.17) is 0 Å². The van der Waals surface area contributed by atoms with Gasteiger partial charge in [-0.2, -0.15) is 23.4 Å². The van der Waals surface area contributed by atoms with Gasteiger partial charge < -0.3 is 0 Å². The van der Waals surface area contributed by atoms with E-state index in [2.05, 4.69) is 15.2 Å². The molecule has 0 amide bonds. The molecule has 5 nitrogen and oxygen atoms in total. The van der Waals surface area contributed by atoms with Gasteiger partial charge in [-0.15, -0.1) is 11.3 Å². The number of alkyl halides is 3. The molecule has 0 aromatic carbocycles. The van der Waals surface area contributed by atoms with E-state index in [-0.39, 0.29) is 12.4 Å². The zero-order valence-electron chi connectivity index (χ0n) is 12.3. The lowest BCUT2D eigenvalue weighted by molar-refractivity contribution is -0.143. The highest BCUT2D eigenvalue weighted by atomic mass is 32.1. The van der Waals surface area contributed by atoms with Gasteiger partial charge in [-0.1, -0.05) is 6.07 Å². The van der Waals surface area contributed by atoms with Gasteiger partial charge in [0.2, 0.25) is 0 Å². The van der Waals surface area contributed by atoms with E-state index in [1.54, 1.807) is 17.1 Å². The van der Waals surface area contributed by atoms with Gasteiger partial charge in [-0.3, -0.25) is 4.68 Å². The average Bonchev–Trinajstić information content (AvgIpc) is 3.13. The molecule has 9 heteroatoms. The highest BCUT2D eigenvalue weighted by molar-refractivity contribution is 7.09. The molecule has 0 N–H and O–H groups in total. The molecule has 0 unspecified atom stereocenters. The topological polar surface area (TPSA) is 48.5 Å². The first-order chi connectivity index (χ1) is 10.9. The average molecular weight is 341 g/mol. The maximum atomic E-state index is 12.7. The van der Waals surface area contributed by atoms with Crippen LogP contribution in [0.15, 0.2) is 29.9 Å². The number of hydrogen-bond donors (Lipinski definition) is 0. The monoisotopic (exact) mass is 341 g/mol. The Labute approximate surface area is 134 Å². The molecule has 0 saturated carbocycles. The van der Waals surface area contributed by atoms with E-state index in [1.165, 1.54) is 11.3 Å². The fraction of sp³-hybridized carbons (Fsp3) is 0.357. The van der Waals surface area contributed by atoms with Crippen LogP contribution in [-0.4, -0.2) is 30.7 Å². The van der Waals surface area contributed by atoms with Crippen LogP contribution in [0.4, 0.5) is 13.2 Å². The second kappa shape index (κ2) is 6.15. The van der Waals surface area contributed by atoms with Gasteiger partial charge in [0, 0.05) is 17.5 Å². The van der Waals surface area contributed by atoms with Crippen molar-refractivity contribution in [1.29, 1.82) is 0 Å². The summed E-state index contributed by atoms with van der Waals surface area (Å²) in [6, 6.07) is 3.80. The van der Waals surface area contributed by atoms with Crippen LogP contribution in [0, 0.1) is 6.92 Å². The molecule has 3 aromatic rings. The second-order valence-corrected chi connectivity index (χ2v) is 6.22. The standard InChI is InChI=1S/C14H14F3N5S/c1-10-6-18-21(7-10)8-13-19-12(5-11-3-2-4-23-11)20-22(13)9-14(15,16)17/h2-4,6-7H,5,8-9H2,1H3. The van der Waals surface area contributed by atoms with Gasteiger partial charge >= 0.3 is 6.18 Å². The molecule has 23 heavy (non-hydrogen) atoms. The summed E-state index contributed by atoms with van der Waals surface area (Å²) in [5.41, 5.74) is 0.936. The first-order valence-corrected chi connectivity index (χ1v) is 7.78. The lowest BCUT2D eigenvalue weighted by Crippen LogP contribution is -2.21. The minimum absolute atomic E-state index is 0.154. The number of thiophene rings is 1. The summed E-state index contributed by atoms with van der Waals surface area (Å²) in [6.45, 7) is 0.869. The van der Waals surface area contributed by atoms with E-state index in [0.717, 1.165) is 15.1 Å². The number of rotatable bonds is 5. The smallest absolute Gasteiger partial charge is 0.265 e. The lowest BCUT2D eigenvalue weighted by Gasteiger charge is -2.08. The van der Waals surface area contributed by atoms with Crippen LogP contribution in [0.3, 0.4) is 0 Å². The molecule has 3 heterocycles. The van der Waals surface area contributed by atoms with Crippen molar-refractivity contribution in [2.24, 2.45) is 0 Å². The zero-order valence-corrected chi connectivity index (χ0v) is 13.1. The van der Waals surface area contributed by atoms with E-state index in [1.807, 2.05) is 24.4 Å². The lowest BCUT2D eigenvalue weighted by atomic mass is 10.3. The molecule has 0 aliphatic carbocycles. The summed E-state index contributed by atoms with van der Waals surface area (Å²) in [4.78, 5) is 5.28. The highest BCUT2D eigenvalue weighted by Crippen LogP contribution is 2.19. The Hall–Kier alpha value is -2.16. The van der Waals surface area contributed by atoms with Crippen LogP contribution in [0.1, 0.15) is 22.1 Å². The Bertz CT molecular complexity index is 773. The highest BCUT2D eigenvalue weighted by Gasteiger charge is 2.30. The molecular formula is C14H14F3N5S. The predicted octanol–water partition coefficient (Wildman–Crippen LogP) is 3.05. The van der Waals surface area contributed by atoms with Crippen molar-refractivity contribution < 1.29 is 13.2 Å². The quantitative estimate of drug-likeness (QED) is 0.717. The first kappa shape index (κ1) is 15.7. The number of aryl methyl sites for hydroxylation is 1. The number of aromatic nitrogens is 5. The zero-order chi connectivity index (χ0) is 16.4. The van der Waals surface area contributed by atoms with Crippen LogP contribution in [-0.2, 0) is 19.5 Å². The molecule has 3 rings (SSSR count). The third-order valence-electron chi connectivity index (χ3n) is 3.10. The van der Waals surface area contributed by atoms with Crippen LogP contribution in [0.2, 0.25) is 0 Å². The van der Waals surface area contributed by atoms with Gasteiger partial charge in [0.15, 0.2) is 5.82 Å². The molecule has 0 aliphatic heterocycles. The summed E-state index contributed by atoms with van der Waals surface area (Å²) in [6.07, 6.45) is -0.515. The molecule has 0 fully saturated rings. The summed E-state index contributed by atoms with van der Waals surface area (Å²) >= 11 is 1.52. The molecule has 0 radical (unpaired) electrons. The third kappa shape index (κ3) is 4.19. The molecule has 0 saturated heterocycles. The largest absolute Gasteiger partial charge is 0.408 e. The number of nitrogens with zero attached hydrogens (tertiary/aromatic N) is 5. The SMILES string of the molecule is Cc1cnn(Cc2nc(Cc3cccs3)nn2CC(F)(F)F)c1. The first-order valence-electron chi connectivity index (χ1n) is 6.90. The van der Waals surface area contributed by atoms with Crippen molar-refractivity contribution in [3.63, 3.8) is 0 Å². The van der Waals surface area contributed by atoms with Crippen LogP contribution in [0.25, 0.3) is 0 Å². The molecule has 0 spiro atoms. The van der Waals surface area contributed by atoms with Gasteiger partial charge in [0.1, 0.15) is 18.9 Å². The van der Waals surface area contributed by atoms with Gasteiger partial charge in [0.25, 0.3) is 0 Å². The Morgan fingerprint density at radius 1 is 1.30 bits per heavy atom. The maximum absolute atomic E-state index is 12.7. The molecular weight excluding hydrogens is 327 g/mol. The van der Waals surface area contributed by atoms with Crippen molar-refractivity contribution >= 4 is 11.3 Å². The number of halogens is 3. The van der Waals surface area contributed by atoms with E-state index < -0.39 is 12.7 Å². The predicted molar refractivity (Wildman–Crippen MR) is 79.3 cm³/mol. The van der Waals surface area contributed by atoms with Gasteiger partial charge in [0.05, 0.1) is 6.20 Å². The van der Waals surface area contributed by atoms with E-state index in [9.17, 15) is 13.2 Å². The second-order valence-electron chi connectivity index (χ2n) is 5.19. The van der Waals surface area contributed by atoms with Crippen LogP contribution in [0.5, 0.6) is 0 Å². The Balaban J connectivity index is 1.86. The summed E-state index contributed by atoms with van der Waals surface area (Å²) < 4.78 is 40.7.